The van der Waals surface area contributed by atoms with Gasteiger partial charge in [0.25, 0.3) is 5.78 Å². The smallest absolute Gasteiger partial charge is 0.375 e. The second-order valence-electron chi connectivity index (χ2n) is 6.49. The number of esters is 2. The minimum atomic E-state index is -0.926. The average molecular weight is 357 g/mol. The molecule has 0 aromatic rings. The van der Waals surface area contributed by atoms with Gasteiger partial charge in [-0.3, -0.25) is 9.59 Å². The molecule has 0 rings (SSSR count). The molecular formula is C20H36O5. The van der Waals surface area contributed by atoms with E-state index >= 15 is 0 Å². The molecule has 5 nitrogen and oxygen atoms in total. The third kappa shape index (κ3) is 15.9. The van der Waals surface area contributed by atoms with Crippen molar-refractivity contribution in [3.05, 3.63) is 0 Å². The maximum absolute atomic E-state index is 11.6. The second kappa shape index (κ2) is 17.4. The summed E-state index contributed by atoms with van der Waals surface area (Å²) in [7, 11) is 0. The number of Topliss-reactive ketones (excluding diaryl/α,β-unsaturated/α-hetero) is 1. The van der Waals surface area contributed by atoms with Gasteiger partial charge in [0.1, 0.15) is 6.42 Å². The third-order valence-corrected chi connectivity index (χ3v) is 4.02. The average Bonchev–Trinajstić information content (AvgIpc) is 2.59. The first-order chi connectivity index (χ1) is 12.1. The fourth-order valence-corrected chi connectivity index (χ4v) is 2.45. The summed E-state index contributed by atoms with van der Waals surface area (Å²) < 4.78 is 9.88. The zero-order valence-corrected chi connectivity index (χ0v) is 16.1. The van der Waals surface area contributed by atoms with Crippen molar-refractivity contribution in [2.75, 3.05) is 13.2 Å². The first kappa shape index (κ1) is 23.6. The molecule has 5 heteroatoms. The van der Waals surface area contributed by atoms with Crippen LogP contribution in [-0.2, 0) is 23.9 Å². The maximum Gasteiger partial charge on any atom is 0.375 e. The fourth-order valence-electron chi connectivity index (χ4n) is 2.45. The van der Waals surface area contributed by atoms with E-state index in [2.05, 4.69) is 13.8 Å². The zero-order valence-electron chi connectivity index (χ0n) is 16.1. The summed E-state index contributed by atoms with van der Waals surface area (Å²) >= 11 is 0. The van der Waals surface area contributed by atoms with Crippen molar-refractivity contribution in [3.63, 3.8) is 0 Å². The van der Waals surface area contributed by atoms with Crippen LogP contribution in [0.2, 0.25) is 0 Å². The lowest BCUT2D eigenvalue weighted by Gasteiger charge is -2.05. The Morgan fingerprint density at radius 1 is 0.600 bits per heavy atom. The molecule has 0 fully saturated rings. The van der Waals surface area contributed by atoms with Crippen molar-refractivity contribution in [2.24, 2.45) is 0 Å². The summed E-state index contributed by atoms with van der Waals surface area (Å²) in [6.07, 6.45) is 12.5. The highest BCUT2D eigenvalue weighted by molar-refractivity contribution is 6.36. The Bertz CT molecular complexity index is 365. The van der Waals surface area contributed by atoms with E-state index in [0.29, 0.717) is 6.61 Å². The van der Waals surface area contributed by atoms with Crippen LogP contribution < -0.4 is 0 Å². The third-order valence-electron chi connectivity index (χ3n) is 4.02. The van der Waals surface area contributed by atoms with E-state index in [0.717, 1.165) is 38.5 Å². The molecule has 0 spiro atoms. The van der Waals surface area contributed by atoms with Crippen LogP contribution in [0.1, 0.15) is 97.3 Å². The Balaban J connectivity index is 3.57. The summed E-state index contributed by atoms with van der Waals surface area (Å²) in [6, 6.07) is 0. The van der Waals surface area contributed by atoms with E-state index in [1.807, 2.05) is 0 Å². The van der Waals surface area contributed by atoms with E-state index in [1.54, 1.807) is 0 Å². The number of hydrogen-bond acceptors (Lipinski definition) is 5. The quantitative estimate of drug-likeness (QED) is 0.163. The van der Waals surface area contributed by atoms with Crippen molar-refractivity contribution in [1.82, 2.24) is 0 Å². The van der Waals surface area contributed by atoms with E-state index in [4.69, 9.17) is 9.47 Å². The van der Waals surface area contributed by atoms with Gasteiger partial charge in [0, 0.05) is 0 Å². The van der Waals surface area contributed by atoms with Crippen molar-refractivity contribution in [3.8, 4) is 0 Å². The van der Waals surface area contributed by atoms with Crippen LogP contribution in [-0.4, -0.2) is 30.9 Å². The molecule has 0 aliphatic heterocycles. The molecule has 0 saturated heterocycles. The van der Waals surface area contributed by atoms with Gasteiger partial charge in [-0.25, -0.2) is 4.79 Å². The van der Waals surface area contributed by atoms with Gasteiger partial charge in [0.2, 0.25) is 0 Å². The van der Waals surface area contributed by atoms with Crippen molar-refractivity contribution < 1.29 is 23.9 Å². The normalized spacial score (nSPS) is 10.5. The number of ketones is 1. The summed E-state index contributed by atoms with van der Waals surface area (Å²) in [5.74, 6) is -2.39. The minimum Gasteiger partial charge on any atom is -0.465 e. The van der Waals surface area contributed by atoms with E-state index in [-0.39, 0.29) is 6.61 Å². The molecule has 0 atom stereocenters. The standard InChI is InChI=1S/C20H36O5/c1-3-5-7-9-11-13-15-24-19(22)17-18(21)20(23)25-16-14-12-10-8-6-4-2/h3-17H2,1-2H3. The summed E-state index contributed by atoms with van der Waals surface area (Å²) in [6.45, 7) is 4.87. The highest BCUT2D eigenvalue weighted by atomic mass is 16.5. The monoisotopic (exact) mass is 356 g/mol. The minimum absolute atomic E-state index is 0.240. The molecule has 0 N–H and O–H groups in total. The van der Waals surface area contributed by atoms with Gasteiger partial charge in [-0.15, -0.1) is 0 Å². The van der Waals surface area contributed by atoms with Crippen LogP contribution in [0.15, 0.2) is 0 Å². The maximum atomic E-state index is 11.6. The Kier molecular flexibility index (Phi) is 16.5. The molecule has 0 unspecified atom stereocenters. The molecule has 0 radical (unpaired) electrons. The van der Waals surface area contributed by atoms with Crippen LogP contribution in [0.3, 0.4) is 0 Å². The van der Waals surface area contributed by atoms with Gasteiger partial charge < -0.3 is 9.47 Å². The number of unbranched alkanes of at least 4 members (excludes halogenated alkanes) is 10. The van der Waals surface area contributed by atoms with Gasteiger partial charge in [0.05, 0.1) is 13.2 Å². The summed E-state index contributed by atoms with van der Waals surface area (Å²) in [5, 5.41) is 0. The molecule has 0 amide bonds. The molecule has 0 aliphatic rings. The highest BCUT2D eigenvalue weighted by Crippen LogP contribution is 2.06. The zero-order chi connectivity index (χ0) is 18.8. The fraction of sp³-hybridized carbons (Fsp3) is 0.850. The van der Waals surface area contributed by atoms with Gasteiger partial charge in [-0.2, -0.15) is 0 Å². The Morgan fingerprint density at radius 3 is 1.56 bits per heavy atom. The van der Waals surface area contributed by atoms with Gasteiger partial charge >= 0.3 is 11.9 Å². The van der Waals surface area contributed by atoms with E-state index in [1.165, 1.54) is 38.5 Å². The van der Waals surface area contributed by atoms with Crippen LogP contribution in [0.25, 0.3) is 0 Å². The molecule has 0 aromatic heterocycles. The summed E-state index contributed by atoms with van der Waals surface area (Å²) in [5.41, 5.74) is 0. The SMILES string of the molecule is CCCCCCCCOC(=O)CC(=O)C(=O)OCCCCCCCC. The largest absolute Gasteiger partial charge is 0.465 e. The molecule has 146 valence electrons. The first-order valence-corrected chi connectivity index (χ1v) is 9.97. The topological polar surface area (TPSA) is 69.7 Å². The van der Waals surface area contributed by atoms with Crippen LogP contribution in [0.5, 0.6) is 0 Å². The first-order valence-electron chi connectivity index (χ1n) is 9.97. The predicted molar refractivity (Wildman–Crippen MR) is 98.3 cm³/mol. The molecule has 25 heavy (non-hydrogen) atoms. The lowest BCUT2D eigenvalue weighted by Crippen LogP contribution is -2.22. The molecule has 0 saturated carbocycles. The number of carbonyl (C=O) groups is 3. The molecular weight excluding hydrogens is 320 g/mol. The number of hydrogen-bond donors (Lipinski definition) is 0. The molecule has 0 heterocycles. The van der Waals surface area contributed by atoms with Crippen molar-refractivity contribution in [1.29, 1.82) is 0 Å². The lowest BCUT2D eigenvalue weighted by atomic mass is 10.1. The lowest BCUT2D eigenvalue weighted by molar-refractivity contribution is -0.158. The number of rotatable bonds is 17. The molecule has 0 aromatic carbocycles. The second-order valence-corrected chi connectivity index (χ2v) is 6.49. The van der Waals surface area contributed by atoms with Crippen LogP contribution in [0, 0.1) is 0 Å². The van der Waals surface area contributed by atoms with Gasteiger partial charge in [0.15, 0.2) is 0 Å². The van der Waals surface area contributed by atoms with E-state index < -0.39 is 24.1 Å². The number of ether oxygens (including phenoxy) is 2. The van der Waals surface area contributed by atoms with Crippen LogP contribution in [0.4, 0.5) is 0 Å². The van der Waals surface area contributed by atoms with Crippen molar-refractivity contribution >= 4 is 17.7 Å². The van der Waals surface area contributed by atoms with Crippen molar-refractivity contribution in [2.45, 2.75) is 97.3 Å². The summed E-state index contributed by atoms with van der Waals surface area (Å²) in [4.78, 5) is 34.6. The Labute approximate surface area is 152 Å². The van der Waals surface area contributed by atoms with Gasteiger partial charge in [-0.05, 0) is 12.8 Å². The van der Waals surface area contributed by atoms with Gasteiger partial charge in [-0.1, -0.05) is 78.1 Å². The Hall–Kier alpha value is -1.39. The molecule has 0 bridgehead atoms. The number of carbonyl (C=O) groups excluding carboxylic acids is 3. The van der Waals surface area contributed by atoms with E-state index in [9.17, 15) is 14.4 Å². The predicted octanol–water partition coefficient (Wildman–Crippen LogP) is 4.75. The Morgan fingerprint density at radius 2 is 1.04 bits per heavy atom. The highest BCUT2D eigenvalue weighted by Gasteiger charge is 2.20. The van der Waals surface area contributed by atoms with Crippen LogP contribution >= 0.6 is 0 Å². The molecule has 0 aliphatic carbocycles.